The monoisotopic (exact) mass is 296 g/mol. The van der Waals surface area contributed by atoms with Gasteiger partial charge >= 0.3 is 0 Å². The van der Waals surface area contributed by atoms with Gasteiger partial charge in [0.25, 0.3) is 0 Å². The van der Waals surface area contributed by atoms with E-state index in [1.165, 1.54) is 7.11 Å². The van der Waals surface area contributed by atoms with Crippen molar-refractivity contribution in [3.63, 3.8) is 0 Å². The minimum absolute atomic E-state index is 0.00402. The number of rotatable bonds is 4. The molecule has 108 valence electrons. The predicted molar refractivity (Wildman–Crippen MR) is 79.3 cm³/mol. The lowest BCUT2D eigenvalue weighted by molar-refractivity contribution is 0.0521. The molecule has 0 spiro atoms. The van der Waals surface area contributed by atoms with E-state index in [0.29, 0.717) is 16.3 Å². The van der Waals surface area contributed by atoms with E-state index in [2.05, 4.69) is 0 Å². The molecule has 2 rings (SSSR count). The van der Waals surface area contributed by atoms with E-state index in [0.717, 1.165) is 0 Å². The fraction of sp³-hybridized carbons (Fsp3) is 0.333. The van der Waals surface area contributed by atoms with E-state index in [1.54, 1.807) is 24.3 Å². The third kappa shape index (κ3) is 2.69. The molecule has 0 aliphatic rings. The molecule has 0 saturated carbocycles. The SMILES string of the molecule is COCOc1cccc2cc([Si](C)(C)C)c(F)c(F)c12. The van der Waals surface area contributed by atoms with Crippen molar-refractivity contribution >= 4 is 24.0 Å². The first-order valence-corrected chi connectivity index (χ1v) is 9.89. The molecule has 0 atom stereocenters. The van der Waals surface area contributed by atoms with E-state index in [4.69, 9.17) is 9.47 Å². The zero-order valence-corrected chi connectivity index (χ0v) is 13.1. The zero-order chi connectivity index (χ0) is 14.9. The molecular formula is C15H18F2O2Si. The lowest BCUT2D eigenvalue weighted by Crippen LogP contribution is -2.40. The molecule has 5 heteroatoms. The van der Waals surface area contributed by atoms with Gasteiger partial charge in [-0.25, -0.2) is 8.78 Å². The highest BCUT2D eigenvalue weighted by Gasteiger charge is 2.25. The Hall–Kier alpha value is -1.46. The van der Waals surface area contributed by atoms with E-state index < -0.39 is 19.7 Å². The van der Waals surface area contributed by atoms with Crippen LogP contribution in [0.25, 0.3) is 10.8 Å². The number of ether oxygens (including phenoxy) is 2. The number of halogens is 2. The van der Waals surface area contributed by atoms with E-state index in [9.17, 15) is 8.78 Å². The third-order valence-corrected chi connectivity index (χ3v) is 5.13. The average Bonchev–Trinajstić information content (AvgIpc) is 2.38. The van der Waals surface area contributed by atoms with Crippen LogP contribution in [0.4, 0.5) is 8.78 Å². The second-order valence-electron chi connectivity index (χ2n) is 5.71. The molecule has 0 heterocycles. The van der Waals surface area contributed by atoms with Crippen LogP contribution in [0.15, 0.2) is 24.3 Å². The number of benzene rings is 2. The Kier molecular flexibility index (Phi) is 4.11. The summed E-state index contributed by atoms with van der Waals surface area (Å²) in [5, 5.41) is 1.31. The van der Waals surface area contributed by atoms with Gasteiger partial charge in [-0.05, 0) is 16.6 Å². The molecule has 0 radical (unpaired) electrons. The summed E-state index contributed by atoms with van der Waals surface area (Å²) in [5.41, 5.74) is 0. The molecule has 0 unspecified atom stereocenters. The Balaban J connectivity index is 2.70. The van der Waals surface area contributed by atoms with Gasteiger partial charge in [-0.15, -0.1) is 0 Å². The summed E-state index contributed by atoms with van der Waals surface area (Å²) in [7, 11) is -0.472. The fourth-order valence-electron chi connectivity index (χ4n) is 2.14. The molecule has 0 aromatic heterocycles. The molecule has 2 nitrogen and oxygen atoms in total. The summed E-state index contributed by atoms with van der Waals surface area (Å²) < 4.78 is 38.8. The summed E-state index contributed by atoms with van der Waals surface area (Å²) >= 11 is 0. The average molecular weight is 296 g/mol. The van der Waals surface area contributed by atoms with Gasteiger partial charge in [0.05, 0.1) is 13.5 Å². The lowest BCUT2D eigenvalue weighted by Gasteiger charge is -2.19. The molecule has 0 aliphatic carbocycles. The fourth-order valence-corrected chi connectivity index (χ4v) is 3.50. The molecule has 0 fully saturated rings. The van der Waals surface area contributed by atoms with Gasteiger partial charge < -0.3 is 9.47 Å². The number of hydrogen-bond acceptors (Lipinski definition) is 2. The summed E-state index contributed by atoms with van der Waals surface area (Å²) in [5.74, 6) is -1.31. The van der Waals surface area contributed by atoms with Crippen molar-refractivity contribution in [2.75, 3.05) is 13.9 Å². The summed E-state index contributed by atoms with van der Waals surface area (Å²) in [4.78, 5) is 0. The van der Waals surface area contributed by atoms with Crippen molar-refractivity contribution in [1.82, 2.24) is 0 Å². The second-order valence-corrected chi connectivity index (χ2v) is 10.7. The maximum atomic E-state index is 14.4. The summed E-state index contributed by atoms with van der Waals surface area (Å²) in [6.45, 7) is 5.96. The largest absolute Gasteiger partial charge is 0.467 e. The van der Waals surface area contributed by atoms with Gasteiger partial charge in [-0.3, -0.25) is 0 Å². The molecule has 0 bridgehead atoms. The van der Waals surface area contributed by atoms with Crippen molar-refractivity contribution < 1.29 is 18.3 Å². The number of fused-ring (bicyclic) bond motifs is 1. The van der Waals surface area contributed by atoms with Crippen molar-refractivity contribution in [2.24, 2.45) is 0 Å². The van der Waals surface area contributed by atoms with Gasteiger partial charge in [-0.1, -0.05) is 37.8 Å². The van der Waals surface area contributed by atoms with Gasteiger partial charge in [0.2, 0.25) is 0 Å². The standard InChI is InChI=1S/C15H18F2O2Si/c1-18-9-19-11-7-5-6-10-8-12(20(2,3)4)14(16)15(17)13(10)11/h5-8H,9H2,1-4H3. The molecule has 2 aromatic carbocycles. The van der Waals surface area contributed by atoms with Crippen LogP contribution in [0, 0.1) is 11.6 Å². The van der Waals surface area contributed by atoms with E-state index >= 15 is 0 Å². The predicted octanol–water partition coefficient (Wildman–Crippen LogP) is 3.65. The lowest BCUT2D eigenvalue weighted by atomic mass is 10.1. The first-order chi connectivity index (χ1) is 9.36. The Bertz CT molecular complexity index is 636. The van der Waals surface area contributed by atoms with Crippen LogP contribution in [0.1, 0.15) is 0 Å². The highest BCUT2D eigenvalue weighted by Crippen LogP contribution is 2.30. The molecule has 20 heavy (non-hydrogen) atoms. The van der Waals surface area contributed by atoms with Gasteiger partial charge in [0.15, 0.2) is 18.4 Å². The summed E-state index contributed by atoms with van der Waals surface area (Å²) in [6, 6.07) is 6.87. The number of hydrogen-bond donors (Lipinski definition) is 0. The molecule has 0 aliphatic heterocycles. The van der Waals surface area contributed by atoms with Gasteiger partial charge in [-0.2, -0.15) is 0 Å². The maximum absolute atomic E-state index is 14.4. The Labute approximate surface area is 118 Å². The highest BCUT2D eigenvalue weighted by atomic mass is 28.3. The highest BCUT2D eigenvalue weighted by molar-refractivity contribution is 6.88. The van der Waals surface area contributed by atoms with Crippen molar-refractivity contribution in [3.8, 4) is 5.75 Å². The maximum Gasteiger partial charge on any atom is 0.188 e. The topological polar surface area (TPSA) is 18.5 Å². The van der Waals surface area contributed by atoms with Gasteiger partial charge in [0, 0.05) is 7.11 Å². The van der Waals surface area contributed by atoms with Crippen LogP contribution in [0.2, 0.25) is 19.6 Å². The molecule has 0 saturated heterocycles. The van der Waals surface area contributed by atoms with Gasteiger partial charge in [0.1, 0.15) is 5.75 Å². The number of methoxy groups -OCH3 is 1. The minimum Gasteiger partial charge on any atom is -0.467 e. The first-order valence-electron chi connectivity index (χ1n) is 6.39. The second kappa shape index (κ2) is 5.50. The van der Waals surface area contributed by atoms with Crippen LogP contribution >= 0.6 is 0 Å². The molecule has 0 N–H and O–H groups in total. The van der Waals surface area contributed by atoms with Crippen LogP contribution in [0.5, 0.6) is 5.75 Å². The first kappa shape index (κ1) is 14.9. The quantitative estimate of drug-likeness (QED) is 0.633. The normalized spacial score (nSPS) is 11.9. The minimum atomic E-state index is -1.95. The van der Waals surface area contributed by atoms with Crippen molar-refractivity contribution in [1.29, 1.82) is 0 Å². The van der Waals surface area contributed by atoms with Crippen LogP contribution in [-0.4, -0.2) is 22.0 Å². The molecule has 2 aromatic rings. The zero-order valence-electron chi connectivity index (χ0n) is 12.1. The Morgan fingerprint density at radius 2 is 1.80 bits per heavy atom. The van der Waals surface area contributed by atoms with E-state index in [1.807, 2.05) is 19.6 Å². The van der Waals surface area contributed by atoms with Crippen molar-refractivity contribution in [2.45, 2.75) is 19.6 Å². The van der Waals surface area contributed by atoms with Crippen molar-refractivity contribution in [3.05, 3.63) is 35.9 Å². The van der Waals surface area contributed by atoms with Crippen LogP contribution < -0.4 is 9.92 Å². The molecule has 0 amide bonds. The van der Waals surface area contributed by atoms with Crippen LogP contribution in [-0.2, 0) is 4.74 Å². The smallest absolute Gasteiger partial charge is 0.188 e. The van der Waals surface area contributed by atoms with E-state index in [-0.39, 0.29) is 12.2 Å². The van der Waals surface area contributed by atoms with Crippen LogP contribution in [0.3, 0.4) is 0 Å². The Morgan fingerprint density at radius 3 is 2.40 bits per heavy atom. The molecular weight excluding hydrogens is 278 g/mol. The Morgan fingerprint density at radius 1 is 1.10 bits per heavy atom. The third-order valence-electron chi connectivity index (χ3n) is 3.15. The summed E-state index contributed by atoms with van der Waals surface area (Å²) in [6.07, 6.45) is 0.